The number of nitro benzene ring substituents is 2. The maximum absolute atomic E-state index is 11.0. The molecule has 0 saturated carbocycles. The standard InChI is InChI=1S/C16H16N2O6/c1-3-16(2,10-4-6-14(19)12(8-10)17(21)22)11-5-7-15(20)13(9-11)18(23)24/h4-9,19-20H,3H2,1-2H3. The Hall–Kier alpha value is -3.16. The summed E-state index contributed by atoms with van der Waals surface area (Å²) in [5.41, 5.74) is -0.554. The van der Waals surface area contributed by atoms with Gasteiger partial charge in [0.1, 0.15) is 0 Å². The molecule has 0 amide bonds. The molecule has 126 valence electrons. The lowest BCUT2D eigenvalue weighted by Gasteiger charge is -2.29. The Labute approximate surface area is 137 Å². The van der Waals surface area contributed by atoms with Crippen LogP contribution in [0.5, 0.6) is 11.5 Å². The number of hydrogen-bond acceptors (Lipinski definition) is 6. The highest BCUT2D eigenvalue weighted by atomic mass is 16.6. The second-order valence-electron chi connectivity index (χ2n) is 5.61. The fourth-order valence-electron chi connectivity index (χ4n) is 2.60. The first-order valence-electron chi connectivity index (χ1n) is 7.16. The molecule has 0 saturated heterocycles. The first-order chi connectivity index (χ1) is 11.2. The normalized spacial score (nSPS) is 11.2. The van der Waals surface area contributed by atoms with Gasteiger partial charge in [0, 0.05) is 17.5 Å². The van der Waals surface area contributed by atoms with E-state index in [0.29, 0.717) is 17.5 Å². The average molecular weight is 332 g/mol. The van der Waals surface area contributed by atoms with Crippen molar-refractivity contribution in [3.63, 3.8) is 0 Å². The third-order valence-corrected chi connectivity index (χ3v) is 4.33. The van der Waals surface area contributed by atoms with Crippen molar-refractivity contribution in [1.82, 2.24) is 0 Å². The molecule has 0 unspecified atom stereocenters. The van der Waals surface area contributed by atoms with E-state index in [0.717, 1.165) is 0 Å². The largest absolute Gasteiger partial charge is 0.502 e. The Morgan fingerprint density at radius 1 is 0.917 bits per heavy atom. The molecule has 0 aliphatic heterocycles. The second-order valence-corrected chi connectivity index (χ2v) is 5.61. The van der Waals surface area contributed by atoms with Crippen molar-refractivity contribution in [2.45, 2.75) is 25.7 Å². The number of phenols is 2. The number of aromatic hydroxyl groups is 2. The fourth-order valence-corrected chi connectivity index (χ4v) is 2.60. The lowest BCUT2D eigenvalue weighted by Crippen LogP contribution is -2.22. The van der Waals surface area contributed by atoms with Crippen molar-refractivity contribution in [2.75, 3.05) is 0 Å². The van der Waals surface area contributed by atoms with Gasteiger partial charge < -0.3 is 10.2 Å². The van der Waals surface area contributed by atoms with E-state index in [4.69, 9.17) is 0 Å². The van der Waals surface area contributed by atoms with Crippen LogP contribution in [-0.2, 0) is 5.41 Å². The quantitative estimate of drug-likeness (QED) is 0.636. The van der Waals surface area contributed by atoms with Gasteiger partial charge in [-0.2, -0.15) is 0 Å². The smallest absolute Gasteiger partial charge is 0.310 e. The summed E-state index contributed by atoms with van der Waals surface area (Å²) >= 11 is 0. The van der Waals surface area contributed by atoms with Crippen molar-refractivity contribution >= 4 is 11.4 Å². The van der Waals surface area contributed by atoms with E-state index < -0.39 is 38.1 Å². The lowest BCUT2D eigenvalue weighted by atomic mass is 9.74. The van der Waals surface area contributed by atoms with Crippen LogP contribution < -0.4 is 0 Å². The topological polar surface area (TPSA) is 127 Å². The minimum absolute atomic E-state index is 0.430. The van der Waals surface area contributed by atoms with Gasteiger partial charge in [-0.3, -0.25) is 20.2 Å². The van der Waals surface area contributed by atoms with E-state index in [1.807, 2.05) is 6.92 Å². The highest BCUT2D eigenvalue weighted by Gasteiger charge is 2.31. The van der Waals surface area contributed by atoms with Crippen LogP contribution in [0.4, 0.5) is 11.4 Å². The van der Waals surface area contributed by atoms with Gasteiger partial charge >= 0.3 is 11.4 Å². The molecule has 0 atom stereocenters. The monoisotopic (exact) mass is 332 g/mol. The van der Waals surface area contributed by atoms with Gasteiger partial charge in [-0.25, -0.2) is 0 Å². The Balaban J connectivity index is 2.65. The Morgan fingerprint density at radius 2 is 1.29 bits per heavy atom. The molecule has 2 rings (SSSR count). The summed E-state index contributed by atoms with van der Waals surface area (Å²) in [4.78, 5) is 20.7. The number of nitro groups is 2. The molecule has 2 N–H and O–H groups in total. The average Bonchev–Trinajstić information content (AvgIpc) is 2.54. The van der Waals surface area contributed by atoms with Crippen LogP contribution in [0.15, 0.2) is 36.4 Å². The van der Waals surface area contributed by atoms with Crippen LogP contribution in [0.25, 0.3) is 0 Å². The van der Waals surface area contributed by atoms with Crippen molar-refractivity contribution in [3.8, 4) is 11.5 Å². The molecule has 8 nitrogen and oxygen atoms in total. The van der Waals surface area contributed by atoms with E-state index in [1.165, 1.54) is 24.3 Å². The Bertz CT molecular complexity index is 755. The third-order valence-electron chi connectivity index (χ3n) is 4.33. The molecule has 0 fully saturated rings. The van der Waals surface area contributed by atoms with Gasteiger partial charge in [-0.05, 0) is 29.7 Å². The maximum atomic E-state index is 11.0. The second kappa shape index (κ2) is 6.15. The Kier molecular flexibility index (Phi) is 4.41. The zero-order valence-corrected chi connectivity index (χ0v) is 13.1. The van der Waals surface area contributed by atoms with E-state index in [-0.39, 0.29) is 0 Å². The van der Waals surface area contributed by atoms with Crippen molar-refractivity contribution < 1.29 is 20.1 Å². The number of rotatable bonds is 5. The van der Waals surface area contributed by atoms with Gasteiger partial charge in [-0.15, -0.1) is 0 Å². The number of benzene rings is 2. The number of hydrogen-bond donors (Lipinski definition) is 2. The van der Waals surface area contributed by atoms with E-state index in [1.54, 1.807) is 19.1 Å². The Morgan fingerprint density at radius 3 is 1.58 bits per heavy atom. The zero-order chi connectivity index (χ0) is 18.1. The summed E-state index contributed by atoms with van der Waals surface area (Å²) in [6.45, 7) is 3.64. The molecular formula is C16H16N2O6. The first-order valence-corrected chi connectivity index (χ1v) is 7.16. The molecule has 0 bridgehead atoms. The predicted octanol–water partition coefficient (Wildman–Crippen LogP) is 3.63. The summed E-state index contributed by atoms with van der Waals surface area (Å²) < 4.78 is 0. The van der Waals surface area contributed by atoms with Gasteiger partial charge in [0.05, 0.1) is 9.85 Å². The molecule has 24 heavy (non-hydrogen) atoms. The van der Waals surface area contributed by atoms with Crippen LogP contribution in [0.3, 0.4) is 0 Å². The third kappa shape index (κ3) is 2.85. The highest BCUT2D eigenvalue weighted by Crippen LogP contribution is 2.41. The van der Waals surface area contributed by atoms with Gasteiger partial charge in [0.25, 0.3) is 0 Å². The van der Waals surface area contributed by atoms with Crippen LogP contribution in [0, 0.1) is 20.2 Å². The van der Waals surface area contributed by atoms with E-state index in [9.17, 15) is 30.4 Å². The maximum Gasteiger partial charge on any atom is 0.310 e. The molecule has 0 spiro atoms. The number of phenolic OH excluding ortho intramolecular Hbond substituents is 2. The zero-order valence-electron chi connectivity index (χ0n) is 13.1. The molecule has 0 heterocycles. The van der Waals surface area contributed by atoms with Crippen LogP contribution in [-0.4, -0.2) is 20.1 Å². The predicted molar refractivity (Wildman–Crippen MR) is 86.3 cm³/mol. The van der Waals surface area contributed by atoms with Gasteiger partial charge in [0.15, 0.2) is 11.5 Å². The van der Waals surface area contributed by atoms with E-state index >= 15 is 0 Å². The van der Waals surface area contributed by atoms with Crippen molar-refractivity contribution in [1.29, 1.82) is 0 Å². The molecule has 2 aromatic carbocycles. The summed E-state index contributed by atoms with van der Waals surface area (Å²) in [5.74, 6) is -0.891. The minimum Gasteiger partial charge on any atom is -0.502 e. The molecule has 2 aromatic rings. The van der Waals surface area contributed by atoms with E-state index in [2.05, 4.69) is 0 Å². The number of nitrogens with zero attached hydrogens (tertiary/aromatic N) is 2. The van der Waals surface area contributed by atoms with Crippen LogP contribution >= 0.6 is 0 Å². The van der Waals surface area contributed by atoms with Crippen molar-refractivity contribution in [2.24, 2.45) is 0 Å². The highest BCUT2D eigenvalue weighted by molar-refractivity contribution is 5.55. The summed E-state index contributed by atoms with van der Waals surface area (Å²) in [6.07, 6.45) is 0.497. The van der Waals surface area contributed by atoms with Crippen LogP contribution in [0.1, 0.15) is 31.4 Å². The molecule has 0 aliphatic rings. The minimum atomic E-state index is -0.767. The van der Waals surface area contributed by atoms with Crippen LogP contribution in [0.2, 0.25) is 0 Å². The van der Waals surface area contributed by atoms with Gasteiger partial charge in [0.2, 0.25) is 0 Å². The summed E-state index contributed by atoms with van der Waals surface area (Å²) in [7, 11) is 0. The summed E-state index contributed by atoms with van der Waals surface area (Å²) in [6, 6.07) is 8.08. The lowest BCUT2D eigenvalue weighted by molar-refractivity contribution is -0.386. The molecular weight excluding hydrogens is 316 g/mol. The van der Waals surface area contributed by atoms with Crippen molar-refractivity contribution in [3.05, 3.63) is 67.8 Å². The molecule has 0 aliphatic carbocycles. The fraction of sp³-hybridized carbons (Fsp3) is 0.250. The SMILES string of the molecule is CCC(C)(c1ccc(O)c([N+](=O)[O-])c1)c1ccc(O)c([N+](=O)[O-])c1. The molecule has 0 aromatic heterocycles. The molecule has 0 radical (unpaired) electrons. The molecule has 8 heteroatoms. The van der Waals surface area contributed by atoms with Gasteiger partial charge in [-0.1, -0.05) is 26.0 Å². The summed E-state index contributed by atoms with van der Waals surface area (Å²) in [5, 5.41) is 41.3. The first kappa shape index (κ1) is 17.2.